The number of amides is 1. The average molecular weight is 367 g/mol. The van der Waals surface area contributed by atoms with Crippen molar-refractivity contribution in [2.24, 2.45) is 0 Å². The number of anilines is 1. The molecule has 0 aromatic heterocycles. The van der Waals surface area contributed by atoms with E-state index in [1.54, 1.807) is 0 Å². The van der Waals surface area contributed by atoms with Crippen molar-refractivity contribution < 1.29 is 9.53 Å². The molecule has 1 amide bonds. The number of nitrogens with one attached hydrogen (secondary N) is 1. The Morgan fingerprint density at radius 2 is 1.59 bits per heavy atom. The second kappa shape index (κ2) is 8.13. The molecule has 0 bridgehead atoms. The highest BCUT2D eigenvalue weighted by molar-refractivity contribution is 5.94. The highest BCUT2D eigenvalue weighted by Gasteiger charge is 2.16. The van der Waals surface area contributed by atoms with Crippen LogP contribution in [0, 0.1) is 0 Å². The molecular formula is C23H30N2O2. The first-order valence-corrected chi connectivity index (χ1v) is 9.68. The predicted octanol–water partition coefficient (Wildman–Crippen LogP) is 4.31. The molecule has 2 aromatic carbocycles. The number of carbonyl (C=O) groups excluding carboxylic acids is 1. The first kappa shape index (κ1) is 19.4. The summed E-state index contributed by atoms with van der Waals surface area (Å²) in [6.07, 6.45) is 0. The van der Waals surface area contributed by atoms with Gasteiger partial charge in [-0.05, 0) is 47.7 Å². The maximum atomic E-state index is 12.6. The molecule has 0 radical (unpaired) electrons. The number of rotatable bonds is 4. The van der Waals surface area contributed by atoms with E-state index < -0.39 is 0 Å². The minimum absolute atomic E-state index is 0.0366. The van der Waals surface area contributed by atoms with Crippen molar-refractivity contribution in [2.45, 2.75) is 39.2 Å². The second-order valence-electron chi connectivity index (χ2n) is 8.21. The zero-order valence-electron chi connectivity index (χ0n) is 16.8. The molecule has 0 saturated carbocycles. The van der Waals surface area contributed by atoms with Crippen LogP contribution in [0.5, 0.6) is 0 Å². The molecule has 3 rings (SSSR count). The first-order chi connectivity index (χ1) is 12.8. The molecule has 1 atom stereocenters. The quantitative estimate of drug-likeness (QED) is 0.877. The summed E-state index contributed by atoms with van der Waals surface area (Å²) in [5.74, 6) is -0.0454. The summed E-state index contributed by atoms with van der Waals surface area (Å²) in [6, 6.07) is 16.3. The van der Waals surface area contributed by atoms with E-state index in [-0.39, 0.29) is 17.4 Å². The lowest BCUT2D eigenvalue weighted by Crippen LogP contribution is -2.36. The van der Waals surface area contributed by atoms with Crippen LogP contribution in [0.3, 0.4) is 0 Å². The Hall–Kier alpha value is -2.33. The molecule has 1 saturated heterocycles. The van der Waals surface area contributed by atoms with E-state index in [4.69, 9.17) is 4.74 Å². The van der Waals surface area contributed by atoms with E-state index in [0.717, 1.165) is 37.6 Å². The van der Waals surface area contributed by atoms with Crippen LogP contribution in [0.4, 0.5) is 5.69 Å². The minimum atomic E-state index is -0.0454. The first-order valence-electron chi connectivity index (χ1n) is 9.68. The van der Waals surface area contributed by atoms with Crippen LogP contribution < -0.4 is 10.2 Å². The Balaban J connectivity index is 1.62. The zero-order chi connectivity index (χ0) is 19.4. The van der Waals surface area contributed by atoms with Crippen LogP contribution in [0.2, 0.25) is 0 Å². The molecule has 1 N–H and O–H groups in total. The lowest BCUT2D eigenvalue weighted by molar-refractivity contribution is 0.0940. The lowest BCUT2D eigenvalue weighted by Gasteiger charge is -2.28. The van der Waals surface area contributed by atoms with Crippen LogP contribution in [-0.2, 0) is 10.2 Å². The van der Waals surface area contributed by atoms with Gasteiger partial charge < -0.3 is 15.0 Å². The molecule has 0 spiro atoms. The highest BCUT2D eigenvalue weighted by Crippen LogP contribution is 2.24. The molecule has 0 aliphatic carbocycles. The lowest BCUT2D eigenvalue weighted by atomic mass is 9.86. The van der Waals surface area contributed by atoms with Crippen molar-refractivity contribution >= 4 is 11.6 Å². The maximum absolute atomic E-state index is 12.6. The van der Waals surface area contributed by atoms with E-state index in [1.165, 1.54) is 5.56 Å². The number of morpholine rings is 1. The van der Waals surface area contributed by atoms with Gasteiger partial charge >= 0.3 is 0 Å². The summed E-state index contributed by atoms with van der Waals surface area (Å²) in [4.78, 5) is 14.9. The van der Waals surface area contributed by atoms with Crippen molar-refractivity contribution in [1.29, 1.82) is 0 Å². The Morgan fingerprint density at radius 3 is 2.15 bits per heavy atom. The zero-order valence-corrected chi connectivity index (χ0v) is 16.8. The number of hydrogen-bond acceptors (Lipinski definition) is 3. The average Bonchev–Trinajstić information content (AvgIpc) is 2.68. The molecule has 1 unspecified atom stereocenters. The minimum Gasteiger partial charge on any atom is -0.378 e. The van der Waals surface area contributed by atoms with Gasteiger partial charge in [0, 0.05) is 24.3 Å². The maximum Gasteiger partial charge on any atom is 0.251 e. The number of nitrogens with zero attached hydrogens (tertiary/aromatic N) is 1. The van der Waals surface area contributed by atoms with Crippen molar-refractivity contribution in [2.75, 3.05) is 31.2 Å². The van der Waals surface area contributed by atoms with Gasteiger partial charge in [-0.1, -0.05) is 45.0 Å². The molecule has 4 heteroatoms. The Morgan fingerprint density at radius 1 is 1.00 bits per heavy atom. The summed E-state index contributed by atoms with van der Waals surface area (Å²) in [5, 5.41) is 3.10. The third-order valence-electron chi connectivity index (χ3n) is 5.13. The van der Waals surface area contributed by atoms with Gasteiger partial charge in [-0.3, -0.25) is 4.79 Å². The molecular weight excluding hydrogens is 336 g/mol. The molecule has 144 valence electrons. The monoisotopic (exact) mass is 366 g/mol. The smallest absolute Gasteiger partial charge is 0.251 e. The topological polar surface area (TPSA) is 41.6 Å². The van der Waals surface area contributed by atoms with Gasteiger partial charge in [0.05, 0.1) is 19.3 Å². The Labute approximate surface area is 162 Å². The van der Waals surface area contributed by atoms with Gasteiger partial charge in [0.15, 0.2) is 0 Å². The number of hydrogen-bond donors (Lipinski definition) is 1. The van der Waals surface area contributed by atoms with Gasteiger partial charge in [-0.2, -0.15) is 0 Å². The second-order valence-corrected chi connectivity index (χ2v) is 8.21. The van der Waals surface area contributed by atoms with Gasteiger partial charge in [0.25, 0.3) is 5.91 Å². The summed E-state index contributed by atoms with van der Waals surface area (Å²) in [5.41, 5.74) is 4.36. The van der Waals surface area contributed by atoms with Gasteiger partial charge in [0.1, 0.15) is 0 Å². The van der Waals surface area contributed by atoms with E-state index in [2.05, 4.69) is 55.3 Å². The highest BCUT2D eigenvalue weighted by atomic mass is 16.5. The Bertz CT molecular complexity index is 754. The molecule has 1 aliphatic heterocycles. The summed E-state index contributed by atoms with van der Waals surface area (Å²) >= 11 is 0. The van der Waals surface area contributed by atoms with Crippen LogP contribution in [0.25, 0.3) is 0 Å². The number of benzene rings is 2. The molecule has 1 fully saturated rings. The number of carbonyl (C=O) groups is 1. The summed E-state index contributed by atoms with van der Waals surface area (Å²) in [7, 11) is 0. The third-order valence-corrected chi connectivity index (χ3v) is 5.13. The van der Waals surface area contributed by atoms with Gasteiger partial charge in [-0.25, -0.2) is 0 Å². The van der Waals surface area contributed by atoms with Crippen molar-refractivity contribution in [3.8, 4) is 0 Å². The van der Waals surface area contributed by atoms with Crippen LogP contribution in [0.1, 0.15) is 55.2 Å². The number of ether oxygens (including phenoxy) is 1. The standard InChI is InChI=1S/C23H30N2O2/c1-17(18-5-9-20(10-6-18)23(2,3)4)24-22(26)19-7-11-21(12-8-19)25-13-15-27-16-14-25/h5-12,17H,13-16H2,1-4H3,(H,24,26). The SMILES string of the molecule is CC(NC(=O)c1ccc(N2CCOCC2)cc1)c1ccc(C(C)(C)C)cc1. The molecule has 4 nitrogen and oxygen atoms in total. The molecule has 27 heavy (non-hydrogen) atoms. The van der Waals surface area contributed by atoms with Crippen LogP contribution in [0.15, 0.2) is 48.5 Å². The van der Waals surface area contributed by atoms with E-state index in [0.29, 0.717) is 5.56 Å². The summed E-state index contributed by atoms with van der Waals surface area (Å²) < 4.78 is 5.39. The van der Waals surface area contributed by atoms with Gasteiger partial charge in [-0.15, -0.1) is 0 Å². The fraction of sp³-hybridized carbons (Fsp3) is 0.435. The molecule has 2 aromatic rings. The normalized spacial score (nSPS) is 16.1. The fourth-order valence-corrected chi connectivity index (χ4v) is 3.28. The molecule has 1 heterocycles. The van der Waals surface area contributed by atoms with Crippen molar-refractivity contribution in [1.82, 2.24) is 5.32 Å². The summed E-state index contributed by atoms with van der Waals surface area (Å²) in [6.45, 7) is 11.9. The largest absolute Gasteiger partial charge is 0.378 e. The van der Waals surface area contributed by atoms with Crippen LogP contribution in [-0.4, -0.2) is 32.2 Å². The third kappa shape index (κ3) is 4.89. The van der Waals surface area contributed by atoms with E-state index in [1.807, 2.05) is 31.2 Å². The van der Waals surface area contributed by atoms with E-state index >= 15 is 0 Å². The molecule has 1 aliphatic rings. The predicted molar refractivity (Wildman–Crippen MR) is 110 cm³/mol. The Kier molecular flexibility index (Phi) is 5.85. The van der Waals surface area contributed by atoms with Gasteiger partial charge in [0.2, 0.25) is 0 Å². The van der Waals surface area contributed by atoms with Crippen molar-refractivity contribution in [3.63, 3.8) is 0 Å². The van der Waals surface area contributed by atoms with Crippen LogP contribution >= 0.6 is 0 Å². The fourth-order valence-electron chi connectivity index (χ4n) is 3.28. The van der Waals surface area contributed by atoms with E-state index in [9.17, 15) is 4.79 Å². The van der Waals surface area contributed by atoms with Crippen molar-refractivity contribution in [3.05, 3.63) is 65.2 Å².